The molecule has 1 fully saturated rings. The van der Waals surface area contributed by atoms with Crippen LogP contribution in [0.5, 0.6) is 0 Å². The second-order valence-electron chi connectivity index (χ2n) is 5.09. The number of pyridine rings is 1. The fourth-order valence-corrected chi connectivity index (χ4v) is 4.23. The fourth-order valence-electron chi connectivity index (χ4n) is 2.70. The molecule has 3 rings (SSSR count). The van der Waals surface area contributed by atoms with E-state index in [1.165, 1.54) is 4.90 Å². The van der Waals surface area contributed by atoms with Gasteiger partial charge in [0.25, 0.3) is 5.95 Å². The third-order valence-electron chi connectivity index (χ3n) is 3.69. The zero-order chi connectivity index (χ0) is 15.2. The van der Waals surface area contributed by atoms with Crippen LogP contribution in [0.1, 0.15) is 12.8 Å². The van der Waals surface area contributed by atoms with Gasteiger partial charge in [0.15, 0.2) is 15.7 Å². The Balaban J connectivity index is 2.07. The van der Waals surface area contributed by atoms with Gasteiger partial charge in [-0.1, -0.05) is 0 Å². The molecular formula is C12H13F3N2O3S. The number of anilines is 1. The van der Waals surface area contributed by atoms with Crippen molar-refractivity contribution >= 4 is 15.5 Å². The summed E-state index contributed by atoms with van der Waals surface area (Å²) in [5, 5.41) is 0. The summed E-state index contributed by atoms with van der Waals surface area (Å²) in [6.07, 6.45) is 1.45. The Morgan fingerprint density at radius 3 is 2.71 bits per heavy atom. The van der Waals surface area contributed by atoms with Gasteiger partial charge < -0.3 is 9.64 Å². The minimum atomic E-state index is -4.06. The molecule has 0 aromatic carbocycles. The first kappa shape index (κ1) is 14.6. The molecule has 0 amide bonds. The maximum Gasteiger partial charge on any atom is 0.253 e. The topological polar surface area (TPSA) is 59.5 Å². The molecule has 0 radical (unpaired) electrons. The molecule has 2 aliphatic heterocycles. The molecule has 3 heterocycles. The molecule has 0 saturated carbocycles. The van der Waals surface area contributed by atoms with E-state index in [9.17, 15) is 21.6 Å². The molecule has 0 bridgehead atoms. The average Bonchev–Trinajstić information content (AvgIpc) is 2.90. The average molecular weight is 322 g/mol. The van der Waals surface area contributed by atoms with E-state index in [1.54, 1.807) is 0 Å². The van der Waals surface area contributed by atoms with Crippen LogP contribution in [0.3, 0.4) is 0 Å². The number of fused-ring (bicyclic) bond motifs is 1. The quantitative estimate of drug-likeness (QED) is 0.768. The molecule has 5 nitrogen and oxygen atoms in total. The summed E-state index contributed by atoms with van der Waals surface area (Å²) >= 11 is 0. The van der Waals surface area contributed by atoms with Crippen LogP contribution >= 0.6 is 0 Å². The molecule has 2 aliphatic rings. The van der Waals surface area contributed by atoms with Crippen LogP contribution < -0.4 is 4.90 Å². The van der Waals surface area contributed by atoms with E-state index in [-0.39, 0.29) is 19.2 Å². The van der Waals surface area contributed by atoms with Crippen molar-refractivity contribution in [2.75, 3.05) is 30.3 Å². The normalized spacial score (nSPS) is 24.1. The van der Waals surface area contributed by atoms with Crippen LogP contribution in [0.25, 0.3) is 0 Å². The lowest BCUT2D eigenvalue weighted by atomic mass is 10.2. The van der Waals surface area contributed by atoms with Crippen molar-refractivity contribution in [3.63, 3.8) is 0 Å². The molecule has 1 atom stereocenters. The molecule has 1 saturated heterocycles. The smallest absolute Gasteiger partial charge is 0.253 e. The van der Waals surface area contributed by atoms with Crippen molar-refractivity contribution in [3.8, 4) is 0 Å². The van der Waals surface area contributed by atoms with Gasteiger partial charge in [0.2, 0.25) is 5.95 Å². The van der Waals surface area contributed by atoms with Crippen molar-refractivity contribution in [2.45, 2.75) is 23.8 Å². The number of hydrogen-bond donors (Lipinski definition) is 0. The number of nitrogens with zero attached hydrogens (tertiary/aromatic N) is 2. The maximum absolute atomic E-state index is 13.9. The lowest BCUT2D eigenvalue weighted by Crippen LogP contribution is -2.41. The van der Waals surface area contributed by atoms with Gasteiger partial charge in [0, 0.05) is 19.7 Å². The molecule has 116 valence electrons. The summed E-state index contributed by atoms with van der Waals surface area (Å²) in [4.78, 5) is 3.26. The molecule has 0 spiro atoms. The molecule has 1 aromatic heterocycles. The minimum Gasteiger partial charge on any atom is -0.376 e. The van der Waals surface area contributed by atoms with Gasteiger partial charge in [-0.05, 0) is 12.8 Å². The van der Waals surface area contributed by atoms with Gasteiger partial charge in [-0.25, -0.2) is 12.8 Å². The van der Waals surface area contributed by atoms with Crippen LogP contribution in [-0.2, 0) is 14.6 Å². The van der Waals surface area contributed by atoms with Gasteiger partial charge in [0.05, 0.1) is 11.9 Å². The van der Waals surface area contributed by atoms with Gasteiger partial charge in [-0.3, -0.25) is 0 Å². The number of halogens is 3. The summed E-state index contributed by atoms with van der Waals surface area (Å²) < 4.78 is 70.2. The predicted octanol–water partition coefficient (Wildman–Crippen LogP) is 1.27. The summed E-state index contributed by atoms with van der Waals surface area (Å²) in [5.74, 6) is -5.07. The van der Waals surface area contributed by atoms with Crippen molar-refractivity contribution in [1.82, 2.24) is 4.98 Å². The van der Waals surface area contributed by atoms with Crippen LogP contribution in [0.15, 0.2) is 4.90 Å². The van der Waals surface area contributed by atoms with Crippen LogP contribution in [-0.4, -0.2) is 45.0 Å². The summed E-state index contributed by atoms with van der Waals surface area (Å²) in [7, 11) is -4.06. The zero-order valence-corrected chi connectivity index (χ0v) is 11.8. The Morgan fingerprint density at radius 1 is 1.29 bits per heavy atom. The van der Waals surface area contributed by atoms with E-state index >= 15 is 0 Å². The Morgan fingerprint density at radius 2 is 2.05 bits per heavy atom. The van der Waals surface area contributed by atoms with E-state index in [0.29, 0.717) is 6.61 Å². The lowest BCUT2D eigenvalue weighted by Gasteiger charge is -2.32. The van der Waals surface area contributed by atoms with Crippen LogP contribution in [0.4, 0.5) is 18.9 Å². The van der Waals surface area contributed by atoms with E-state index in [2.05, 4.69) is 4.98 Å². The highest BCUT2D eigenvalue weighted by molar-refractivity contribution is 7.91. The predicted molar refractivity (Wildman–Crippen MR) is 67.4 cm³/mol. The first-order valence-corrected chi connectivity index (χ1v) is 8.19. The Labute approximate surface area is 119 Å². The highest BCUT2D eigenvalue weighted by atomic mass is 32.2. The van der Waals surface area contributed by atoms with Gasteiger partial charge in [-0.2, -0.15) is 13.8 Å². The van der Waals surface area contributed by atoms with E-state index in [1.807, 2.05) is 0 Å². The Kier molecular flexibility index (Phi) is 3.56. The van der Waals surface area contributed by atoms with Crippen molar-refractivity contribution in [1.29, 1.82) is 0 Å². The first-order valence-electron chi connectivity index (χ1n) is 6.54. The van der Waals surface area contributed by atoms with Crippen LogP contribution in [0, 0.1) is 17.7 Å². The second kappa shape index (κ2) is 5.13. The van der Waals surface area contributed by atoms with E-state index in [0.717, 1.165) is 12.8 Å². The standard InChI is InChI=1S/C12H13F3N2O3S/c13-8-10-9(12(15)16-11(8)14)17(3-5-21(10,18)19)6-7-2-1-4-20-7/h7H,1-6H2/t7-/m0/s1. The van der Waals surface area contributed by atoms with E-state index < -0.39 is 43.9 Å². The van der Waals surface area contributed by atoms with Crippen molar-refractivity contribution in [2.24, 2.45) is 0 Å². The molecule has 21 heavy (non-hydrogen) atoms. The third kappa shape index (κ3) is 2.48. The largest absolute Gasteiger partial charge is 0.376 e. The maximum atomic E-state index is 13.9. The highest BCUT2D eigenvalue weighted by Gasteiger charge is 2.38. The fraction of sp³-hybridized carbons (Fsp3) is 0.583. The zero-order valence-electron chi connectivity index (χ0n) is 11.0. The molecule has 0 unspecified atom stereocenters. The summed E-state index contributed by atoms with van der Waals surface area (Å²) in [5.41, 5.74) is -0.490. The van der Waals surface area contributed by atoms with Crippen molar-refractivity contribution < 1.29 is 26.3 Å². The number of sulfone groups is 1. The Bertz CT molecular complexity index is 675. The first-order chi connectivity index (χ1) is 9.90. The molecule has 9 heteroatoms. The molecule has 0 aliphatic carbocycles. The minimum absolute atomic E-state index is 0.00113. The highest BCUT2D eigenvalue weighted by Crippen LogP contribution is 2.35. The van der Waals surface area contributed by atoms with Gasteiger partial charge >= 0.3 is 0 Å². The second-order valence-corrected chi connectivity index (χ2v) is 7.13. The third-order valence-corrected chi connectivity index (χ3v) is 5.41. The van der Waals surface area contributed by atoms with Crippen molar-refractivity contribution in [3.05, 3.63) is 17.7 Å². The summed E-state index contributed by atoms with van der Waals surface area (Å²) in [6, 6.07) is 0. The lowest BCUT2D eigenvalue weighted by molar-refractivity contribution is 0.115. The van der Waals surface area contributed by atoms with E-state index in [4.69, 9.17) is 4.74 Å². The number of hydrogen-bond acceptors (Lipinski definition) is 5. The molecular weight excluding hydrogens is 309 g/mol. The van der Waals surface area contributed by atoms with Gasteiger partial charge in [-0.15, -0.1) is 0 Å². The number of ether oxygens (including phenoxy) is 1. The number of rotatable bonds is 2. The SMILES string of the molecule is O=S1(=O)CCN(C[C@@H]2CCCO2)c2c(F)nc(F)c(F)c21. The molecule has 0 N–H and O–H groups in total. The summed E-state index contributed by atoms with van der Waals surface area (Å²) in [6.45, 7) is 0.813. The monoisotopic (exact) mass is 322 g/mol. The number of aromatic nitrogens is 1. The Hall–Kier alpha value is -1.35. The molecule has 1 aromatic rings. The van der Waals surface area contributed by atoms with Gasteiger partial charge in [0.1, 0.15) is 10.6 Å². The van der Waals surface area contributed by atoms with Crippen LogP contribution in [0.2, 0.25) is 0 Å².